The number of likely N-dealkylation sites (tertiary alicyclic amines) is 1. The Morgan fingerprint density at radius 3 is 2.77 bits per heavy atom. The maximum absolute atomic E-state index is 12.4. The van der Waals surface area contributed by atoms with E-state index in [4.69, 9.17) is 0 Å². The summed E-state index contributed by atoms with van der Waals surface area (Å²) in [4.78, 5) is 6.13. The molecule has 2 heterocycles. The Labute approximate surface area is 185 Å². The molecule has 1 aliphatic heterocycles. The number of aromatic hydroxyl groups is 1. The third-order valence-corrected chi connectivity index (χ3v) is 8.42. The van der Waals surface area contributed by atoms with Crippen LogP contribution in [-0.2, 0) is 18.3 Å². The Kier molecular flexibility index (Phi) is 4.15. The maximum Gasteiger partial charge on any atom is 0.115 e. The van der Waals surface area contributed by atoms with Crippen molar-refractivity contribution < 1.29 is 10.2 Å². The molecule has 1 saturated carbocycles. The van der Waals surface area contributed by atoms with E-state index < -0.39 is 11.0 Å². The minimum Gasteiger partial charge on any atom is -0.508 e. The number of piperidine rings is 1. The third kappa shape index (κ3) is 2.79. The number of aliphatic hydroxyl groups is 1. The van der Waals surface area contributed by atoms with Crippen LogP contribution in [0.3, 0.4) is 0 Å². The predicted octanol–water partition coefficient (Wildman–Crippen LogP) is 4.52. The van der Waals surface area contributed by atoms with Gasteiger partial charge in [0.1, 0.15) is 5.75 Å². The third-order valence-electron chi connectivity index (χ3n) is 7.76. The first kappa shape index (κ1) is 18.9. The van der Waals surface area contributed by atoms with Crippen LogP contribution in [0, 0.1) is 5.92 Å². The first-order valence-corrected chi connectivity index (χ1v) is 11.8. The molecule has 156 valence electrons. The summed E-state index contributed by atoms with van der Waals surface area (Å²) in [6.07, 6.45) is 4.94. The van der Waals surface area contributed by atoms with Gasteiger partial charge in [-0.15, -0.1) is 0 Å². The number of aromatic nitrogens is 1. The van der Waals surface area contributed by atoms with Crippen LogP contribution in [0.25, 0.3) is 10.9 Å². The highest BCUT2D eigenvalue weighted by atomic mass is 79.9. The van der Waals surface area contributed by atoms with Crippen molar-refractivity contribution in [2.45, 2.75) is 43.1 Å². The molecule has 3 aromatic rings. The van der Waals surface area contributed by atoms with E-state index in [1.807, 2.05) is 12.1 Å². The zero-order valence-electron chi connectivity index (χ0n) is 17.0. The highest BCUT2D eigenvalue weighted by Crippen LogP contribution is 2.52. The normalized spacial score (nSPS) is 29.0. The van der Waals surface area contributed by atoms with E-state index in [1.54, 1.807) is 6.07 Å². The van der Waals surface area contributed by atoms with Crippen molar-refractivity contribution in [2.75, 3.05) is 19.6 Å². The molecule has 3 N–H and O–H groups in total. The van der Waals surface area contributed by atoms with Crippen molar-refractivity contribution in [1.29, 1.82) is 0 Å². The molecule has 2 atom stereocenters. The molecule has 3 aliphatic rings. The largest absolute Gasteiger partial charge is 0.508 e. The van der Waals surface area contributed by atoms with Gasteiger partial charge in [-0.2, -0.15) is 0 Å². The van der Waals surface area contributed by atoms with E-state index in [-0.39, 0.29) is 5.75 Å². The van der Waals surface area contributed by atoms with Crippen LogP contribution in [0.1, 0.15) is 36.1 Å². The number of halogens is 1. The van der Waals surface area contributed by atoms with Crippen LogP contribution < -0.4 is 0 Å². The first-order chi connectivity index (χ1) is 14.5. The second-order valence-electron chi connectivity index (χ2n) is 9.69. The average molecular weight is 467 g/mol. The van der Waals surface area contributed by atoms with Crippen LogP contribution in [0.5, 0.6) is 5.75 Å². The fourth-order valence-electron chi connectivity index (χ4n) is 6.06. The summed E-state index contributed by atoms with van der Waals surface area (Å²) in [7, 11) is 0. The van der Waals surface area contributed by atoms with Crippen LogP contribution in [0.15, 0.2) is 46.9 Å². The molecule has 1 aromatic heterocycles. The fraction of sp³-hybridized carbons (Fsp3) is 0.440. The number of hydrogen-bond acceptors (Lipinski definition) is 3. The fourth-order valence-corrected chi connectivity index (χ4v) is 6.67. The van der Waals surface area contributed by atoms with Gasteiger partial charge in [0.25, 0.3) is 0 Å². The molecule has 2 fully saturated rings. The van der Waals surface area contributed by atoms with E-state index in [0.29, 0.717) is 13.0 Å². The lowest BCUT2D eigenvalue weighted by atomic mass is 9.56. The molecule has 1 saturated heterocycles. The number of hydrogen-bond donors (Lipinski definition) is 3. The molecular weight excluding hydrogens is 440 g/mol. The molecule has 0 spiro atoms. The standard InChI is InChI=1S/C25H27BrN2O2/c26-20-5-2-6-21-23(20)19-12-25(30)15-28(14-16-7-8-16)10-9-24(25,13-22(19)27-21)17-3-1-4-18(29)11-17/h1-6,11,16,27,29-30H,7-10,12-15H2. The van der Waals surface area contributed by atoms with Gasteiger partial charge in [0.15, 0.2) is 0 Å². The zero-order valence-corrected chi connectivity index (χ0v) is 18.6. The van der Waals surface area contributed by atoms with Crippen LogP contribution in [-0.4, -0.2) is 45.3 Å². The Morgan fingerprint density at radius 2 is 1.97 bits per heavy atom. The van der Waals surface area contributed by atoms with Gasteiger partial charge in [-0.1, -0.05) is 34.1 Å². The number of rotatable bonds is 3. The van der Waals surface area contributed by atoms with Crippen molar-refractivity contribution in [3.8, 4) is 5.75 Å². The Balaban J connectivity index is 1.51. The molecule has 4 nitrogen and oxygen atoms in total. The number of nitrogens with zero attached hydrogens (tertiary/aromatic N) is 1. The second-order valence-corrected chi connectivity index (χ2v) is 10.5. The van der Waals surface area contributed by atoms with E-state index in [0.717, 1.165) is 47.4 Å². The van der Waals surface area contributed by atoms with E-state index >= 15 is 0 Å². The van der Waals surface area contributed by atoms with Gasteiger partial charge in [-0.05, 0) is 67.1 Å². The highest BCUT2D eigenvalue weighted by molar-refractivity contribution is 9.10. The molecule has 0 amide bonds. The lowest BCUT2D eigenvalue weighted by Crippen LogP contribution is -2.66. The van der Waals surface area contributed by atoms with Gasteiger partial charge in [-0.3, -0.25) is 0 Å². The number of β-amino-alcohol motifs (C(OH)–C–C–N with tert-alkyl or cyclic N) is 1. The van der Waals surface area contributed by atoms with Gasteiger partial charge in [0.2, 0.25) is 0 Å². The predicted molar refractivity (Wildman–Crippen MR) is 122 cm³/mol. The molecule has 30 heavy (non-hydrogen) atoms. The van der Waals surface area contributed by atoms with E-state index in [2.05, 4.69) is 50.1 Å². The quantitative estimate of drug-likeness (QED) is 0.531. The molecule has 2 aromatic carbocycles. The Hall–Kier alpha value is -1.82. The summed E-state index contributed by atoms with van der Waals surface area (Å²) in [5, 5.41) is 23.8. The summed E-state index contributed by atoms with van der Waals surface area (Å²) in [6, 6.07) is 13.8. The van der Waals surface area contributed by atoms with Crippen molar-refractivity contribution in [1.82, 2.24) is 9.88 Å². The highest BCUT2D eigenvalue weighted by Gasteiger charge is 2.58. The number of phenolic OH excluding ortho intramolecular Hbond substituents is 1. The molecule has 5 heteroatoms. The summed E-state index contributed by atoms with van der Waals surface area (Å²) < 4.78 is 1.08. The molecule has 0 radical (unpaired) electrons. The van der Waals surface area contributed by atoms with E-state index in [9.17, 15) is 10.2 Å². The van der Waals surface area contributed by atoms with Gasteiger partial charge < -0.3 is 20.1 Å². The van der Waals surface area contributed by atoms with Gasteiger partial charge in [0.05, 0.1) is 5.60 Å². The average Bonchev–Trinajstić information content (AvgIpc) is 3.45. The second kappa shape index (κ2) is 6.59. The Morgan fingerprint density at radius 1 is 1.13 bits per heavy atom. The number of benzene rings is 2. The number of phenols is 1. The van der Waals surface area contributed by atoms with Crippen molar-refractivity contribution in [3.05, 3.63) is 63.8 Å². The van der Waals surface area contributed by atoms with Crippen LogP contribution >= 0.6 is 15.9 Å². The monoisotopic (exact) mass is 466 g/mol. The van der Waals surface area contributed by atoms with Gasteiger partial charge in [-0.25, -0.2) is 0 Å². The molecule has 6 rings (SSSR count). The smallest absolute Gasteiger partial charge is 0.115 e. The first-order valence-electron chi connectivity index (χ1n) is 11.0. The topological polar surface area (TPSA) is 59.5 Å². The molecule has 2 unspecified atom stereocenters. The van der Waals surface area contributed by atoms with Crippen LogP contribution in [0.2, 0.25) is 0 Å². The SMILES string of the molecule is Oc1cccc(C23CCN(CC4CC4)CC2(O)Cc2c([nH]c4cccc(Br)c24)C3)c1. The van der Waals surface area contributed by atoms with Crippen LogP contribution in [0.4, 0.5) is 0 Å². The zero-order chi connectivity index (χ0) is 20.5. The number of aromatic amines is 1. The summed E-state index contributed by atoms with van der Waals surface area (Å²) in [6.45, 7) is 2.78. The number of H-pyrrole nitrogens is 1. The summed E-state index contributed by atoms with van der Waals surface area (Å²) in [5.41, 5.74) is 3.37. The number of nitrogens with one attached hydrogen (secondary N) is 1. The van der Waals surface area contributed by atoms with Gasteiger partial charge >= 0.3 is 0 Å². The van der Waals surface area contributed by atoms with Gasteiger partial charge in [0, 0.05) is 52.4 Å². The lowest BCUT2D eigenvalue weighted by Gasteiger charge is -2.56. The summed E-state index contributed by atoms with van der Waals surface area (Å²) in [5.74, 6) is 1.08. The number of fused-ring (bicyclic) bond motifs is 4. The van der Waals surface area contributed by atoms with Crippen molar-refractivity contribution in [3.63, 3.8) is 0 Å². The summed E-state index contributed by atoms with van der Waals surface area (Å²) >= 11 is 3.74. The molecular formula is C25H27BrN2O2. The maximum atomic E-state index is 12.4. The Bertz CT molecular complexity index is 1140. The minimum atomic E-state index is -0.870. The van der Waals surface area contributed by atoms with Crippen molar-refractivity contribution in [2.24, 2.45) is 5.92 Å². The molecule has 0 bridgehead atoms. The van der Waals surface area contributed by atoms with E-state index in [1.165, 1.54) is 29.5 Å². The lowest BCUT2D eigenvalue weighted by molar-refractivity contribution is -0.103. The van der Waals surface area contributed by atoms with Crippen molar-refractivity contribution >= 4 is 26.8 Å². The minimum absolute atomic E-state index is 0.273. The molecule has 2 aliphatic carbocycles.